The van der Waals surface area contributed by atoms with Crippen LogP contribution in [0.25, 0.3) is 0 Å². The number of halogens is 2. The van der Waals surface area contributed by atoms with Crippen molar-refractivity contribution in [2.75, 3.05) is 5.32 Å². The van der Waals surface area contributed by atoms with E-state index in [2.05, 4.69) is 26.3 Å². The van der Waals surface area contributed by atoms with E-state index in [9.17, 15) is 14.0 Å². The van der Waals surface area contributed by atoms with Crippen molar-refractivity contribution in [2.24, 2.45) is 0 Å². The number of benzene rings is 1. The van der Waals surface area contributed by atoms with E-state index >= 15 is 0 Å². The van der Waals surface area contributed by atoms with Crippen molar-refractivity contribution in [2.45, 2.75) is 13.0 Å². The van der Waals surface area contributed by atoms with Crippen LogP contribution in [0.15, 0.2) is 34.9 Å². The van der Waals surface area contributed by atoms with Gasteiger partial charge in [0.1, 0.15) is 17.6 Å². The number of nitrogens with one attached hydrogen (secondary N) is 1. The Morgan fingerprint density at radius 3 is 2.76 bits per heavy atom. The molecule has 0 aliphatic rings. The fraction of sp³-hybridized carbons (Fsp3) is 0.154. The number of anilines is 1. The summed E-state index contributed by atoms with van der Waals surface area (Å²) < 4.78 is 15.3. The first kappa shape index (κ1) is 15.2. The summed E-state index contributed by atoms with van der Waals surface area (Å²) in [5.41, 5.74) is 0.0335. The van der Waals surface area contributed by atoms with Gasteiger partial charge in [0.05, 0.1) is 5.69 Å². The Balaban J connectivity index is 2.25. The van der Waals surface area contributed by atoms with Crippen LogP contribution in [-0.2, 0) is 4.79 Å². The van der Waals surface area contributed by atoms with Gasteiger partial charge in [0.2, 0.25) is 0 Å². The Morgan fingerprint density at radius 1 is 1.43 bits per heavy atom. The summed E-state index contributed by atoms with van der Waals surface area (Å²) in [5, 5.41) is 15.2. The van der Waals surface area contributed by atoms with Gasteiger partial charge in [-0.05, 0) is 31.2 Å². The molecule has 1 aromatic carbocycles. The highest BCUT2D eigenvalue weighted by molar-refractivity contribution is 9.10. The van der Waals surface area contributed by atoms with Gasteiger partial charge < -0.3 is 10.4 Å². The summed E-state index contributed by atoms with van der Waals surface area (Å²) in [6.07, 6.45) is 1.31. The number of carboxylic acids is 1. The summed E-state index contributed by atoms with van der Waals surface area (Å²) in [6, 6.07) is 4.56. The number of aromatic nitrogens is 2. The number of amides is 1. The van der Waals surface area contributed by atoms with Gasteiger partial charge in [-0.25, -0.2) is 13.9 Å². The topological polar surface area (TPSA) is 84.2 Å². The average Bonchev–Trinajstić information content (AvgIpc) is 2.90. The van der Waals surface area contributed by atoms with Gasteiger partial charge in [0.15, 0.2) is 0 Å². The maximum absolute atomic E-state index is 13.7. The summed E-state index contributed by atoms with van der Waals surface area (Å²) in [5.74, 6) is -2.36. The summed E-state index contributed by atoms with van der Waals surface area (Å²) >= 11 is 3.12. The highest BCUT2D eigenvalue weighted by atomic mass is 79.9. The summed E-state index contributed by atoms with van der Waals surface area (Å²) in [6.45, 7) is 1.40. The number of hydrogen-bond acceptors (Lipinski definition) is 3. The molecule has 1 atom stereocenters. The predicted octanol–water partition coefficient (Wildman–Crippen LogP) is 2.68. The van der Waals surface area contributed by atoms with Crippen LogP contribution in [0.3, 0.4) is 0 Å². The zero-order chi connectivity index (χ0) is 15.6. The van der Waals surface area contributed by atoms with Crippen molar-refractivity contribution in [3.8, 4) is 0 Å². The first-order valence-electron chi connectivity index (χ1n) is 5.93. The lowest BCUT2D eigenvalue weighted by atomic mass is 10.2. The van der Waals surface area contributed by atoms with E-state index in [1.165, 1.54) is 31.3 Å². The van der Waals surface area contributed by atoms with Crippen LogP contribution in [0.5, 0.6) is 0 Å². The van der Waals surface area contributed by atoms with E-state index in [-0.39, 0.29) is 11.4 Å². The quantitative estimate of drug-likeness (QED) is 0.882. The third-order valence-electron chi connectivity index (χ3n) is 2.81. The molecular formula is C13H11BrFN3O3. The van der Waals surface area contributed by atoms with Crippen LogP contribution in [0, 0.1) is 5.82 Å². The lowest BCUT2D eigenvalue weighted by molar-refractivity contribution is -0.140. The van der Waals surface area contributed by atoms with Crippen LogP contribution in [0.2, 0.25) is 0 Å². The number of hydrogen-bond donors (Lipinski definition) is 2. The normalized spacial score (nSPS) is 12.0. The Hall–Kier alpha value is -2.22. The lowest BCUT2D eigenvalue weighted by Crippen LogP contribution is -2.24. The van der Waals surface area contributed by atoms with Crippen LogP contribution >= 0.6 is 15.9 Å². The van der Waals surface area contributed by atoms with Gasteiger partial charge in [0.25, 0.3) is 5.91 Å². The molecule has 0 saturated heterocycles. The summed E-state index contributed by atoms with van der Waals surface area (Å²) in [7, 11) is 0. The SMILES string of the molecule is CC(C(=O)O)n1nccc1C(=O)Nc1ccc(Br)cc1F. The smallest absolute Gasteiger partial charge is 0.328 e. The number of carboxylic acid groups (broad SMARTS) is 1. The summed E-state index contributed by atoms with van der Waals surface area (Å²) in [4.78, 5) is 23.1. The molecule has 21 heavy (non-hydrogen) atoms. The first-order valence-corrected chi connectivity index (χ1v) is 6.72. The van der Waals surface area contributed by atoms with E-state index in [4.69, 9.17) is 5.11 Å². The maximum Gasteiger partial charge on any atom is 0.328 e. The zero-order valence-corrected chi connectivity index (χ0v) is 12.5. The minimum Gasteiger partial charge on any atom is -0.480 e. The zero-order valence-electron chi connectivity index (χ0n) is 10.9. The Bertz CT molecular complexity index is 702. The number of rotatable bonds is 4. The Morgan fingerprint density at radius 2 is 2.14 bits per heavy atom. The number of nitrogens with zero attached hydrogens (tertiary/aromatic N) is 2. The Kier molecular flexibility index (Phi) is 4.37. The van der Waals surface area contributed by atoms with Gasteiger partial charge in [-0.15, -0.1) is 0 Å². The van der Waals surface area contributed by atoms with Crippen molar-refractivity contribution < 1.29 is 19.1 Å². The molecule has 0 fully saturated rings. The highest BCUT2D eigenvalue weighted by Gasteiger charge is 2.21. The largest absolute Gasteiger partial charge is 0.480 e. The third-order valence-corrected chi connectivity index (χ3v) is 3.30. The van der Waals surface area contributed by atoms with Gasteiger partial charge in [0, 0.05) is 10.7 Å². The molecule has 2 rings (SSSR count). The molecule has 0 spiro atoms. The minimum atomic E-state index is -1.12. The number of carbonyl (C=O) groups excluding carboxylic acids is 1. The molecule has 2 aromatic rings. The molecule has 1 aromatic heterocycles. The first-order chi connectivity index (χ1) is 9.90. The second kappa shape index (κ2) is 6.04. The molecule has 2 N–H and O–H groups in total. The Labute approximate surface area is 127 Å². The second-order valence-corrected chi connectivity index (χ2v) is 5.17. The van der Waals surface area contributed by atoms with Crippen molar-refractivity contribution in [3.63, 3.8) is 0 Å². The number of aliphatic carboxylic acids is 1. The van der Waals surface area contributed by atoms with E-state index < -0.39 is 23.7 Å². The second-order valence-electron chi connectivity index (χ2n) is 4.25. The maximum atomic E-state index is 13.7. The average molecular weight is 356 g/mol. The molecule has 0 saturated carbocycles. The van der Waals surface area contributed by atoms with Crippen LogP contribution in [-0.4, -0.2) is 26.8 Å². The molecule has 0 aliphatic carbocycles. The number of carbonyl (C=O) groups is 2. The standard InChI is InChI=1S/C13H11BrFN3O3/c1-7(13(20)21)18-11(4-5-16-18)12(19)17-10-3-2-8(14)6-9(10)15/h2-7H,1H3,(H,17,19)(H,20,21). The molecular weight excluding hydrogens is 345 g/mol. The van der Waals surface area contributed by atoms with Crippen LogP contribution < -0.4 is 5.32 Å². The molecule has 1 heterocycles. The van der Waals surface area contributed by atoms with Crippen molar-refractivity contribution >= 4 is 33.5 Å². The van der Waals surface area contributed by atoms with Crippen LogP contribution in [0.4, 0.5) is 10.1 Å². The lowest BCUT2D eigenvalue weighted by Gasteiger charge is -2.12. The molecule has 1 unspecified atom stereocenters. The fourth-order valence-electron chi connectivity index (χ4n) is 1.68. The van der Waals surface area contributed by atoms with Gasteiger partial charge in [-0.3, -0.25) is 4.79 Å². The molecule has 0 bridgehead atoms. The molecule has 110 valence electrons. The van der Waals surface area contributed by atoms with E-state index in [0.717, 1.165) is 4.68 Å². The third kappa shape index (κ3) is 3.27. The highest BCUT2D eigenvalue weighted by Crippen LogP contribution is 2.20. The fourth-order valence-corrected chi connectivity index (χ4v) is 2.02. The van der Waals surface area contributed by atoms with Crippen molar-refractivity contribution in [1.29, 1.82) is 0 Å². The van der Waals surface area contributed by atoms with Gasteiger partial charge >= 0.3 is 5.97 Å². The molecule has 6 nitrogen and oxygen atoms in total. The van der Waals surface area contributed by atoms with E-state index in [1.54, 1.807) is 6.07 Å². The molecule has 0 radical (unpaired) electrons. The monoisotopic (exact) mass is 355 g/mol. The van der Waals surface area contributed by atoms with Crippen molar-refractivity contribution in [3.05, 3.63) is 46.4 Å². The minimum absolute atomic E-state index is 0.000993. The molecule has 1 amide bonds. The predicted molar refractivity (Wildman–Crippen MR) is 76.6 cm³/mol. The van der Waals surface area contributed by atoms with E-state index in [1.807, 2.05) is 0 Å². The molecule has 0 aliphatic heterocycles. The molecule has 8 heteroatoms. The van der Waals surface area contributed by atoms with Gasteiger partial charge in [-0.2, -0.15) is 5.10 Å². The van der Waals surface area contributed by atoms with Gasteiger partial charge in [-0.1, -0.05) is 15.9 Å². The van der Waals surface area contributed by atoms with Crippen molar-refractivity contribution in [1.82, 2.24) is 9.78 Å². The van der Waals surface area contributed by atoms with Crippen LogP contribution in [0.1, 0.15) is 23.5 Å². The van der Waals surface area contributed by atoms with E-state index in [0.29, 0.717) is 4.47 Å².